The highest BCUT2D eigenvalue weighted by Crippen LogP contribution is 2.39. The number of aromatic amines is 5. The van der Waals surface area contributed by atoms with Crippen molar-refractivity contribution >= 4 is 236 Å². The first kappa shape index (κ1) is 103. The molecule has 12 aromatic heterocycles. The molecule has 10 N–H and O–H groups in total. The van der Waals surface area contributed by atoms with Gasteiger partial charge in [-0.1, -0.05) is 223 Å². The average molecular weight is 2150 g/mol. The number of H-pyrrole nitrogens is 5. The van der Waals surface area contributed by atoms with Gasteiger partial charge in [-0.15, -0.1) is 105 Å². The van der Waals surface area contributed by atoms with Gasteiger partial charge in [-0.05, 0) is 126 Å². The van der Waals surface area contributed by atoms with Gasteiger partial charge in [-0.25, -0.2) is 34.9 Å². The van der Waals surface area contributed by atoms with Crippen LogP contribution in [0.2, 0.25) is 0 Å². The fraction of sp³-hybridized carbons (Fsp3) is 0.158. The summed E-state index contributed by atoms with van der Waals surface area (Å²) >= 11 is 20.9. The van der Waals surface area contributed by atoms with Crippen molar-refractivity contribution in [2.45, 2.75) is 73.2 Å². The number of halogens is 1. The summed E-state index contributed by atoms with van der Waals surface area (Å²) in [4.78, 5) is 84.0. The van der Waals surface area contributed by atoms with Gasteiger partial charge in [-0.2, -0.15) is 15.3 Å². The first-order valence-corrected chi connectivity index (χ1v) is 53.8. The molecule has 0 spiro atoms. The van der Waals surface area contributed by atoms with Crippen molar-refractivity contribution in [1.82, 2.24) is 101 Å². The van der Waals surface area contributed by atoms with Gasteiger partial charge < -0.3 is 21.1 Å². The van der Waals surface area contributed by atoms with Crippen molar-refractivity contribution in [3.05, 3.63) is 264 Å². The highest BCUT2D eigenvalue weighted by Gasteiger charge is 2.24. The van der Waals surface area contributed by atoms with Crippen molar-refractivity contribution in [2.75, 3.05) is 46.0 Å². The van der Waals surface area contributed by atoms with Crippen LogP contribution < -0.4 is 5.73 Å². The van der Waals surface area contributed by atoms with E-state index in [-0.39, 0.29) is 40.4 Å². The average Bonchev–Trinajstić information content (AvgIpc) is 1.64. The predicted octanol–water partition coefficient (Wildman–Crippen LogP) is 23.6. The van der Waals surface area contributed by atoms with E-state index in [1.807, 2.05) is 84.7 Å². The number of carbonyl (C=O) groups excluding carboxylic acids is 4. The molecule has 6 aromatic carbocycles. The molecule has 20 rings (SSSR count). The van der Waals surface area contributed by atoms with Crippen molar-refractivity contribution in [3.8, 4) is 86.5 Å². The Morgan fingerprint density at radius 3 is 1.41 bits per heavy atom. The van der Waals surface area contributed by atoms with E-state index >= 15 is 0 Å². The minimum absolute atomic E-state index is 0.0957. The van der Waals surface area contributed by atoms with E-state index < -0.39 is 0 Å². The lowest BCUT2D eigenvalue weighted by Crippen LogP contribution is -2.04. The Morgan fingerprint density at radius 2 is 0.857 bits per heavy atom. The second-order valence-corrected chi connectivity index (χ2v) is 43.1. The third-order valence-corrected chi connectivity index (χ3v) is 31.3. The fourth-order valence-electron chi connectivity index (χ4n) is 12.4. The molecule has 0 aliphatic carbocycles. The van der Waals surface area contributed by atoms with Crippen LogP contribution in [0.3, 0.4) is 0 Å². The number of aryl methyl sites for hydroxylation is 2. The predicted molar refractivity (Wildman–Crippen MR) is 581 cm³/mol. The molecule has 0 saturated carbocycles. The van der Waals surface area contributed by atoms with Crippen LogP contribution in [0.5, 0.6) is 0 Å². The maximum atomic E-state index is 11.1. The minimum Gasteiger partial charge on any atom is -0.512 e. The van der Waals surface area contributed by atoms with Crippen LogP contribution >= 0.6 is 155 Å². The van der Waals surface area contributed by atoms with Gasteiger partial charge in [-0.3, -0.25) is 54.3 Å². The van der Waals surface area contributed by atoms with Crippen LogP contribution in [0.15, 0.2) is 295 Å². The van der Waals surface area contributed by atoms with Crippen molar-refractivity contribution in [3.63, 3.8) is 0 Å². The Labute approximate surface area is 860 Å². The van der Waals surface area contributed by atoms with Crippen LogP contribution in [0.1, 0.15) is 56.5 Å². The zero-order chi connectivity index (χ0) is 98.6. The number of nitrogen functional groups attached to an aromatic ring is 1. The van der Waals surface area contributed by atoms with Gasteiger partial charge in [0.05, 0.1) is 111 Å². The summed E-state index contributed by atoms with van der Waals surface area (Å²) in [6, 6.07) is 60.1. The quantitative estimate of drug-likeness (QED) is 0.0155. The van der Waals surface area contributed by atoms with E-state index in [0.29, 0.717) is 95.1 Å². The van der Waals surface area contributed by atoms with Crippen LogP contribution in [-0.2, 0) is 26.2 Å². The summed E-state index contributed by atoms with van der Waals surface area (Å²) in [6.07, 6.45) is 10.0. The Morgan fingerprint density at radius 1 is 0.400 bits per heavy atom. The minimum atomic E-state index is 0.0957. The Bertz CT molecular complexity index is 7500. The molecule has 140 heavy (non-hydrogen) atoms. The summed E-state index contributed by atoms with van der Waals surface area (Å²) in [5, 5.41) is 94.5. The molecule has 0 radical (unpaired) electrons. The monoisotopic (exact) mass is 2150 g/mol. The molecule has 0 amide bonds. The number of thiophene rings is 3. The summed E-state index contributed by atoms with van der Waals surface area (Å²) in [7, 11) is 1.92. The number of ketones is 4. The number of nitrogens with zero attached hydrogens (tertiary/aromatic N) is 19. The lowest BCUT2D eigenvalue weighted by Gasteiger charge is -2.06. The van der Waals surface area contributed by atoms with Gasteiger partial charge >= 0.3 is 0 Å². The topological polar surface area (TPSA) is 469 Å². The van der Waals surface area contributed by atoms with Crippen LogP contribution in [-0.4, -0.2) is 201 Å². The number of nitrogens with one attached hydrogen (secondary N) is 5. The number of rotatable bonds is 29. The first-order chi connectivity index (χ1) is 67.7. The number of thioether (sulfide) groups is 7. The van der Waals surface area contributed by atoms with E-state index in [0.717, 1.165) is 101 Å². The molecule has 2 aliphatic rings. The van der Waals surface area contributed by atoms with Crippen LogP contribution in [0.25, 0.3) is 117 Å². The summed E-state index contributed by atoms with van der Waals surface area (Å²) in [5.41, 5.74) is 14.9. The molecule has 14 heterocycles. The molecular formula is C95H86BrN25O7S12. The van der Waals surface area contributed by atoms with Gasteiger partial charge in [0.1, 0.15) is 38.2 Å². The number of aromatic nitrogens is 20. The molecule has 0 fully saturated rings. The zero-order valence-corrected chi connectivity index (χ0v) is 86.8. The van der Waals surface area contributed by atoms with Gasteiger partial charge in [0, 0.05) is 79.5 Å². The number of thiazole rings is 2. The zero-order valence-electron chi connectivity index (χ0n) is 75.4. The number of aliphatic hydroxyl groups is 3. The van der Waals surface area contributed by atoms with Crippen molar-refractivity contribution < 1.29 is 34.5 Å². The second-order valence-electron chi connectivity index (χ2n) is 30.1. The van der Waals surface area contributed by atoms with E-state index in [9.17, 15) is 24.3 Å². The molecule has 0 saturated heterocycles. The van der Waals surface area contributed by atoms with E-state index in [4.69, 9.17) is 15.9 Å². The standard InChI is InChI=1S/C20H16N2OS2.C16H16N4OS.C14H12N4OS2.C14H13N3OS2.C13H11N3OS2.C10H9BrN4OS.C8H9N5OS2/c1-13(23)12-24-20-11-17(21-22-20)19-9-8-18(25-19)16-7-6-14-4-2-3-5-15(14)10-16;1-11(21)10-22-15-8-14(18-19-15)13-9-17-20(2)16(13)12-6-4-3-5-7-12;1-9(19)8-20-14-16-12(17-18-14)11-7-15-13(21-11)10-5-3-2-4-6-10;1-8-3-4-11-10(5-8)6-12(20-11)13-15-14(17-16-13)19-7-9(2)18;1-8(17)7-18-13-14-12(15-16-13)11-6-9-4-2-3-5-10(9)19-11;1-6(16)5-17-10-13-9(14-15-10)7-2-8(11)4-12-3-7;1-4(14)3-15-8-11-6(12-13-8)5-2-10-7(9)16-5/h2-10H,11-12H2,1H3;3-7,9,21H,1,8,10H2,2H3;2-7,19H,1,8H2,(H,16,17,18);3-6H,7H2,1-2H3,(H,15,16,17);2-6,17H,1,7H2,(H,14,15,16);2-4H,5H2,1H3,(H,13,14,15);2H,3H2,1H3,(H2,9,10)(H,11,12,13). The van der Waals surface area contributed by atoms with E-state index in [2.05, 4.69) is 268 Å². The molecule has 32 nitrogen and oxygen atoms in total. The number of aliphatic hydroxyl groups excluding tert-OH is 3. The highest BCUT2D eigenvalue weighted by atomic mass is 79.9. The number of Topliss-reactive ketones (excluding diaryl/α,β-unsaturated/α-hetero) is 4. The molecule has 712 valence electrons. The number of anilines is 1. The Hall–Kier alpha value is -12.8. The largest absolute Gasteiger partial charge is 0.512 e. The number of hydrogen-bond donors (Lipinski definition) is 9. The van der Waals surface area contributed by atoms with Crippen molar-refractivity contribution in [1.29, 1.82) is 0 Å². The SMILES string of the molecule is C=C(O)CSC1=NN=C(c2cnn(C)c2-c2ccccc2)C1.C=C(O)CSc1n[nH]c(-c2cc3ccccc3s2)n1.C=C(O)CSc1n[nH]c(-c2cnc(-c3ccccc3)s2)n1.CC(=O)CSC1=NN=C(c2ccc(-c3ccc4ccccc4c3)s2)C1.CC(=O)CSc1n[nH]c(-c2cc3cc(C)ccc3s2)n1.CC(=O)CSc1n[nH]c(-c2cnc(N)s2)n1.CC(=O)CSc1n[nH]c(-c2cncc(Br)c2)n1. The molecule has 0 bridgehead atoms. The number of benzene rings is 6. The lowest BCUT2D eigenvalue weighted by atomic mass is 10.0. The normalized spacial score (nSPS) is 11.8. The first-order valence-electron chi connectivity index (χ1n) is 42.1. The maximum absolute atomic E-state index is 11.1. The molecular weight excluding hydrogens is 2070 g/mol. The van der Waals surface area contributed by atoms with Crippen LogP contribution in [0, 0.1) is 6.92 Å². The number of pyridine rings is 1. The number of fused-ring (bicyclic) bond motifs is 3. The summed E-state index contributed by atoms with van der Waals surface area (Å²) < 4.78 is 5.20. The number of nitrogens with two attached hydrogens (primary N) is 1. The highest BCUT2D eigenvalue weighted by molar-refractivity contribution is 9.10. The third kappa shape index (κ3) is 30.6. The van der Waals surface area contributed by atoms with Gasteiger partial charge in [0.15, 0.2) is 34.3 Å². The number of hydrogen-bond acceptors (Lipinski definition) is 38. The lowest BCUT2D eigenvalue weighted by molar-refractivity contribution is -0.115. The Kier molecular flexibility index (Phi) is 37.5. The van der Waals surface area contributed by atoms with Gasteiger partial charge in [0.2, 0.25) is 25.8 Å². The van der Waals surface area contributed by atoms with E-state index in [1.54, 1.807) is 90.9 Å². The molecule has 45 heteroatoms. The van der Waals surface area contributed by atoms with Crippen molar-refractivity contribution in [2.24, 2.45) is 27.5 Å². The van der Waals surface area contributed by atoms with Gasteiger partial charge in [0.25, 0.3) is 0 Å². The fourth-order valence-corrected chi connectivity index (χ4v) is 21.5. The third-order valence-electron chi connectivity index (χ3n) is 18.6. The molecule has 18 aromatic rings. The summed E-state index contributed by atoms with van der Waals surface area (Å²) in [5.74, 6) is 7.19. The smallest absolute Gasteiger partial charge is 0.209 e. The maximum Gasteiger partial charge on any atom is 0.209 e. The molecule has 0 unspecified atom stereocenters. The summed E-state index contributed by atoms with van der Waals surface area (Å²) in [6.45, 7) is 18.7. The molecule has 2 aliphatic heterocycles. The van der Waals surface area contributed by atoms with Crippen LogP contribution in [0.4, 0.5) is 5.13 Å². The second kappa shape index (κ2) is 50.9. The molecule has 0 atom stereocenters. The Balaban J connectivity index is 0.000000131. The number of carbonyl (C=O) groups is 4. The van der Waals surface area contributed by atoms with E-state index in [1.165, 1.54) is 148 Å².